The van der Waals surface area contributed by atoms with Gasteiger partial charge in [-0.3, -0.25) is 0 Å². The van der Waals surface area contributed by atoms with E-state index < -0.39 is 0 Å². The average molecular weight is 278 g/mol. The van der Waals surface area contributed by atoms with Gasteiger partial charge in [-0.15, -0.1) is 0 Å². The van der Waals surface area contributed by atoms with Crippen molar-refractivity contribution in [1.82, 2.24) is 15.3 Å². The van der Waals surface area contributed by atoms with Gasteiger partial charge < -0.3 is 20.3 Å². The Kier molecular flexibility index (Phi) is 3.84. The number of nitrogens with one attached hydrogen (secondary N) is 2. The molecule has 1 aromatic carbocycles. The van der Waals surface area contributed by atoms with Crippen molar-refractivity contribution in [2.45, 2.75) is 18.9 Å². The summed E-state index contributed by atoms with van der Waals surface area (Å²) in [6.45, 7) is 2.42. The molecule has 20 heavy (non-hydrogen) atoms. The van der Waals surface area contributed by atoms with Crippen LogP contribution in [-0.2, 0) is 0 Å². The number of aromatic nitrogens is 2. The highest BCUT2D eigenvalue weighted by Crippen LogP contribution is 2.19. The zero-order valence-electron chi connectivity index (χ0n) is 11.3. The largest absolute Gasteiger partial charge is 0.395 e. The van der Waals surface area contributed by atoms with Crippen LogP contribution in [0.3, 0.4) is 0 Å². The Morgan fingerprint density at radius 3 is 3.10 bits per heavy atom. The first-order chi connectivity index (χ1) is 9.76. The number of imidazole rings is 1. The first-order valence-corrected chi connectivity index (χ1v) is 7.01. The number of hydrogen-bond donors (Lipinski definition) is 3. The minimum Gasteiger partial charge on any atom is -0.395 e. The molecule has 0 amide bonds. The van der Waals surface area contributed by atoms with Crippen LogP contribution in [0.15, 0.2) is 18.2 Å². The summed E-state index contributed by atoms with van der Waals surface area (Å²) < 4.78 is 13.2. The predicted molar refractivity (Wildman–Crippen MR) is 76.4 cm³/mol. The highest BCUT2D eigenvalue weighted by Gasteiger charge is 2.20. The maximum absolute atomic E-state index is 13.2. The van der Waals surface area contributed by atoms with E-state index >= 15 is 0 Å². The van der Waals surface area contributed by atoms with E-state index in [2.05, 4.69) is 15.3 Å². The van der Waals surface area contributed by atoms with Crippen LogP contribution in [0, 0.1) is 5.82 Å². The van der Waals surface area contributed by atoms with Gasteiger partial charge >= 0.3 is 0 Å². The normalized spacial score (nSPS) is 18.8. The molecule has 1 aliphatic heterocycles. The Morgan fingerprint density at radius 2 is 2.35 bits per heavy atom. The van der Waals surface area contributed by atoms with Gasteiger partial charge in [0, 0.05) is 19.1 Å². The quantitative estimate of drug-likeness (QED) is 0.770. The third-order valence-corrected chi connectivity index (χ3v) is 3.70. The van der Waals surface area contributed by atoms with Crippen molar-refractivity contribution in [3.05, 3.63) is 24.0 Å². The van der Waals surface area contributed by atoms with E-state index in [1.165, 1.54) is 18.6 Å². The fourth-order valence-electron chi connectivity index (χ4n) is 2.70. The van der Waals surface area contributed by atoms with Gasteiger partial charge in [-0.05, 0) is 37.6 Å². The van der Waals surface area contributed by atoms with E-state index in [4.69, 9.17) is 0 Å². The summed E-state index contributed by atoms with van der Waals surface area (Å²) in [7, 11) is 0. The van der Waals surface area contributed by atoms with Crippen molar-refractivity contribution >= 4 is 17.0 Å². The number of H-pyrrole nitrogens is 1. The second-order valence-electron chi connectivity index (χ2n) is 5.18. The van der Waals surface area contributed by atoms with E-state index in [1.54, 1.807) is 6.07 Å². The van der Waals surface area contributed by atoms with Crippen molar-refractivity contribution in [1.29, 1.82) is 0 Å². The number of benzene rings is 1. The standard InChI is InChI=1S/C14H19FN4O/c15-10-3-4-12-13(8-10)18-14(17-12)19(6-7-20)9-11-2-1-5-16-11/h3-4,8,11,16,20H,1-2,5-7,9H2,(H,17,18). The summed E-state index contributed by atoms with van der Waals surface area (Å²) >= 11 is 0. The molecule has 108 valence electrons. The summed E-state index contributed by atoms with van der Waals surface area (Å²) in [5, 5.41) is 12.7. The van der Waals surface area contributed by atoms with Crippen molar-refractivity contribution in [3.8, 4) is 0 Å². The molecule has 3 N–H and O–H groups in total. The molecule has 2 aromatic rings. The number of rotatable bonds is 5. The lowest BCUT2D eigenvalue weighted by Gasteiger charge is -2.24. The third kappa shape index (κ3) is 2.76. The molecule has 0 saturated carbocycles. The third-order valence-electron chi connectivity index (χ3n) is 3.70. The number of nitrogens with zero attached hydrogens (tertiary/aromatic N) is 2. The second-order valence-corrected chi connectivity index (χ2v) is 5.18. The minimum absolute atomic E-state index is 0.0676. The molecule has 5 nitrogen and oxygen atoms in total. The molecule has 0 radical (unpaired) electrons. The topological polar surface area (TPSA) is 64.2 Å². The zero-order chi connectivity index (χ0) is 13.9. The van der Waals surface area contributed by atoms with Crippen LogP contribution in [0.1, 0.15) is 12.8 Å². The van der Waals surface area contributed by atoms with Gasteiger partial charge in [-0.25, -0.2) is 9.37 Å². The molecule has 1 unspecified atom stereocenters. The fourth-order valence-corrected chi connectivity index (χ4v) is 2.70. The molecule has 1 saturated heterocycles. The number of aliphatic hydroxyl groups is 1. The number of aromatic amines is 1. The molecule has 1 atom stereocenters. The van der Waals surface area contributed by atoms with Gasteiger partial charge in [-0.2, -0.15) is 0 Å². The number of fused-ring (bicyclic) bond motifs is 1. The Hall–Kier alpha value is -1.66. The molecule has 1 aromatic heterocycles. The van der Waals surface area contributed by atoms with Gasteiger partial charge in [0.1, 0.15) is 5.82 Å². The smallest absolute Gasteiger partial charge is 0.203 e. The second kappa shape index (κ2) is 5.76. The van der Waals surface area contributed by atoms with Crippen LogP contribution in [0.2, 0.25) is 0 Å². The Morgan fingerprint density at radius 1 is 1.45 bits per heavy atom. The van der Waals surface area contributed by atoms with Crippen LogP contribution in [0.5, 0.6) is 0 Å². The lowest BCUT2D eigenvalue weighted by molar-refractivity contribution is 0.299. The van der Waals surface area contributed by atoms with E-state index in [9.17, 15) is 9.50 Å². The van der Waals surface area contributed by atoms with Crippen LogP contribution in [-0.4, -0.2) is 47.4 Å². The van der Waals surface area contributed by atoms with Crippen LogP contribution >= 0.6 is 0 Å². The minimum atomic E-state index is -0.279. The SMILES string of the molecule is OCCN(CC1CCCN1)c1nc2ccc(F)cc2[nH]1. The fraction of sp³-hybridized carbons (Fsp3) is 0.500. The first-order valence-electron chi connectivity index (χ1n) is 7.01. The molecular formula is C14H19FN4O. The van der Waals surface area contributed by atoms with E-state index in [-0.39, 0.29) is 12.4 Å². The maximum Gasteiger partial charge on any atom is 0.203 e. The summed E-state index contributed by atoms with van der Waals surface area (Å²) in [5.74, 6) is 0.409. The van der Waals surface area contributed by atoms with Gasteiger partial charge in [0.15, 0.2) is 0 Å². The molecule has 1 aliphatic rings. The number of anilines is 1. The van der Waals surface area contributed by atoms with Crippen molar-refractivity contribution in [2.24, 2.45) is 0 Å². The Balaban J connectivity index is 1.83. The van der Waals surface area contributed by atoms with Crippen LogP contribution < -0.4 is 10.2 Å². The highest BCUT2D eigenvalue weighted by molar-refractivity contribution is 5.77. The van der Waals surface area contributed by atoms with E-state index in [1.807, 2.05) is 4.90 Å². The highest BCUT2D eigenvalue weighted by atomic mass is 19.1. The molecule has 1 fully saturated rings. The van der Waals surface area contributed by atoms with Gasteiger partial charge in [0.05, 0.1) is 17.6 Å². The average Bonchev–Trinajstić information content (AvgIpc) is 3.06. The van der Waals surface area contributed by atoms with Crippen LogP contribution in [0.25, 0.3) is 11.0 Å². The zero-order valence-corrected chi connectivity index (χ0v) is 11.3. The Bertz CT molecular complexity index is 580. The van der Waals surface area contributed by atoms with Crippen molar-refractivity contribution < 1.29 is 9.50 Å². The molecular weight excluding hydrogens is 259 g/mol. The number of halogens is 1. The predicted octanol–water partition coefficient (Wildman–Crippen LogP) is 1.25. The molecule has 2 heterocycles. The maximum atomic E-state index is 13.2. The van der Waals surface area contributed by atoms with Gasteiger partial charge in [0.25, 0.3) is 0 Å². The lowest BCUT2D eigenvalue weighted by Crippen LogP contribution is -2.39. The summed E-state index contributed by atoms with van der Waals surface area (Å²) in [6, 6.07) is 4.93. The molecule has 0 spiro atoms. The molecule has 0 aliphatic carbocycles. The Labute approximate surface area is 116 Å². The molecule has 6 heteroatoms. The number of hydrogen-bond acceptors (Lipinski definition) is 4. The van der Waals surface area contributed by atoms with Crippen molar-refractivity contribution in [3.63, 3.8) is 0 Å². The van der Waals surface area contributed by atoms with E-state index in [0.29, 0.717) is 24.1 Å². The first kappa shape index (κ1) is 13.3. The lowest BCUT2D eigenvalue weighted by atomic mass is 10.2. The number of aliphatic hydroxyl groups excluding tert-OH is 1. The monoisotopic (exact) mass is 278 g/mol. The summed E-state index contributed by atoms with van der Waals surface area (Å²) in [6.07, 6.45) is 2.32. The molecule has 3 rings (SSSR count). The van der Waals surface area contributed by atoms with Gasteiger partial charge in [0.2, 0.25) is 5.95 Å². The molecule has 0 bridgehead atoms. The van der Waals surface area contributed by atoms with Crippen molar-refractivity contribution in [2.75, 3.05) is 31.1 Å². The van der Waals surface area contributed by atoms with Crippen LogP contribution in [0.4, 0.5) is 10.3 Å². The summed E-state index contributed by atoms with van der Waals surface area (Å²) in [4.78, 5) is 9.63. The van der Waals surface area contributed by atoms with Gasteiger partial charge in [-0.1, -0.05) is 0 Å². The van der Waals surface area contributed by atoms with E-state index in [0.717, 1.165) is 25.0 Å². The summed E-state index contributed by atoms with van der Waals surface area (Å²) in [5.41, 5.74) is 1.42.